The van der Waals surface area contributed by atoms with Gasteiger partial charge < -0.3 is 9.84 Å². The van der Waals surface area contributed by atoms with Crippen molar-refractivity contribution in [2.75, 3.05) is 18.9 Å². The molecule has 0 aliphatic rings. The number of amides is 1. The van der Waals surface area contributed by atoms with Crippen molar-refractivity contribution in [1.82, 2.24) is 24.8 Å². The molecule has 0 aliphatic heterocycles. The van der Waals surface area contributed by atoms with Gasteiger partial charge in [-0.25, -0.2) is 0 Å². The number of nitrogens with one attached hydrogen (secondary N) is 1. The Balaban J connectivity index is 1.57. The lowest BCUT2D eigenvalue weighted by atomic mass is 10.1. The standard InChI is InChI=1S/C18H22N6O2/c1-12-6-5-7-14(8-12)18-21-17(26-22-18)11-23(3)10-16(25)20-15-9-19-24(4)13(15)2/h5-9H,10-11H2,1-4H3,(H,20,25). The Bertz CT molecular complexity index is 914. The Morgan fingerprint density at radius 1 is 1.35 bits per heavy atom. The maximum Gasteiger partial charge on any atom is 0.241 e. The molecule has 0 radical (unpaired) electrons. The molecule has 0 aliphatic carbocycles. The minimum Gasteiger partial charge on any atom is -0.338 e. The molecule has 136 valence electrons. The van der Waals surface area contributed by atoms with E-state index in [0.29, 0.717) is 23.9 Å². The van der Waals surface area contributed by atoms with Gasteiger partial charge in [-0.3, -0.25) is 14.4 Å². The van der Waals surface area contributed by atoms with Crippen LogP contribution in [0.2, 0.25) is 0 Å². The molecule has 0 saturated carbocycles. The molecule has 3 aromatic rings. The summed E-state index contributed by atoms with van der Waals surface area (Å²) in [6.07, 6.45) is 1.64. The summed E-state index contributed by atoms with van der Waals surface area (Å²) >= 11 is 0. The second kappa shape index (κ2) is 7.49. The number of aryl methyl sites for hydroxylation is 2. The van der Waals surface area contributed by atoms with Crippen molar-refractivity contribution >= 4 is 11.6 Å². The Labute approximate surface area is 151 Å². The van der Waals surface area contributed by atoms with E-state index in [2.05, 4.69) is 20.6 Å². The second-order valence-electron chi connectivity index (χ2n) is 6.37. The van der Waals surface area contributed by atoms with Gasteiger partial charge in [0.1, 0.15) is 0 Å². The van der Waals surface area contributed by atoms with Crippen LogP contribution in [-0.4, -0.2) is 44.3 Å². The van der Waals surface area contributed by atoms with Gasteiger partial charge >= 0.3 is 0 Å². The largest absolute Gasteiger partial charge is 0.338 e. The van der Waals surface area contributed by atoms with Gasteiger partial charge in [-0.1, -0.05) is 28.9 Å². The van der Waals surface area contributed by atoms with E-state index in [9.17, 15) is 4.79 Å². The van der Waals surface area contributed by atoms with Crippen molar-refractivity contribution < 1.29 is 9.32 Å². The van der Waals surface area contributed by atoms with Crippen LogP contribution >= 0.6 is 0 Å². The number of hydrogen-bond donors (Lipinski definition) is 1. The SMILES string of the molecule is Cc1cccc(-c2noc(CN(C)CC(=O)Nc3cnn(C)c3C)n2)c1. The van der Waals surface area contributed by atoms with Gasteiger partial charge in [-0.15, -0.1) is 0 Å². The minimum absolute atomic E-state index is 0.123. The van der Waals surface area contributed by atoms with Gasteiger partial charge in [-0.2, -0.15) is 10.1 Å². The summed E-state index contributed by atoms with van der Waals surface area (Å²) in [5, 5.41) is 11.0. The van der Waals surface area contributed by atoms with Crippen LogP contribution in [0.25, 0.3) is 11.4 Å². The van der Waals surface area contributed by atoms with Gasteiger partial charge in [-0.05, 0) is 27.0 Å². The lowest BCUT2D eigenvalue weighted by Crippen LogP contribution is -2.30. The number of benzene rings is 1. The van der Waals surface area contributed by atoms with Gasteiger partial charge in [0.05, 0.1) is 30.7 Å². The fraction of sp³-hybridized carbons (Fsp3) is 0.333. The first-order chi connectivity index (χ1) is 12.4. The highest BCUT2D eigenvalue weighted by Gasteiger charge is 2.14. The molecule has 0 bridgehead atoms. The third-order valence-electron chi connectivity index (χ3n) is 4.07. The van der Waals surface area contributed by atoms with Crippen LogP contribution in [0.3, 0.4) is 0 Å². The van der Waals surface area contributed by atoms with E-state index in [1.807, 2.05) is 57.1 Å². The first-order valence-corrected chi connectivity index (χ1v) is 8.29. The number of nitrogens with zero attached hydrogens (tertiary/aromatic N) is 5. The van der Waals surface area contributed by atoms with Crippen molar-refractivity contribution in [1.29, 1.82) is 0 Å². The Morgan fingerprint density at radius 3 is 2.85 bits per heavy atom. The highest BCUT2D eigenvalue weighted by molar-refractivity contribution is 5.92. The lowest BCUT2D eigenvalue weighted by Gasteiger charge is -2.13. The quantitative estimate of drug-likeness (QED) is 0.730. The van der Waals surface area contributed by atoms with Gasteiger partial charge in [0.15, 0.2) is 0 Å². The van der Waals surface area contributed by atoms with Crippen LogP contribution in [0.5, 0.6) is 0 Å². The summed E-state index contributed by atoms with van der Waals surface area (Å²) < 4.78 is 7.02. The smallest absolute Gasteiger partial charge is 0.241 e. The molecule has 2 heterocycles. The molecule has 0 unspecified atom stereocenters. The normalized spacial score (nSPS) is 11.1. The molecule has 8 heteroatoms. The summed E-state index contributed by atoms with van der Waals surface area (Å²) in [7, 11) is 3.66. The minimum atomic E-state index is -0.123. The number of likely N-dealkylation sites (N-methyl/N-ethyl adjacent to an activating group) is 1. The molecule has 1 N–H and O–H groups in total. The molecule has 3 rings (SSSR count). The van der Waals surface area contributed by atoms with Crippen molar-refractivity contribution in [3.63, 3.8) is 0 Å². The number of carbonyl (C=O) groups excluding carboxylic acids is 1. The van der Waals surface area contributed by atoms with Crippen molar-refractivity contribution in [3.05, 3.63) is 47.6 Å². The molecule has 1 amide bonds. The Hall–Kier alpha value is -3.00. The van der Waals surface area contributed by atoms with Gasteiger partial charge in [0, 0.05) is 12.6 Å². The number of anilines is 1. The molecule has 0 saturated heterocycles. The number of carbonyl (C=O) groups is 1. The summed E-state index contributed by atoms with van der Waals surface area (Å²) in [4.78, 5) is 18.4. The van der Waals surface area contributed by atoms with Crippen LogP contribution in [0.15, 0.2) is 35.0 Å². The second-order valence-corrected chi connectivity index (χ2v) is 6.37. The van der Waals surface area contributed by atoms with Crippen LogP contribution in [0, 0.1) is 13.8 Å². The van der Waals surface area contributed by atoms with E-state index in [4.69, 9.17) is 4.52 Å². The molecule has 0 atom stereocenters. The number of hydrogen-bond acceptors (Lipinski definition) is 6. The molecular formula is C18H22N6O2. The van der Waals surface area contributed by atoms with Crippen LogP contribution in [0.4, 0.5) is 5.69 Å². The van der Waals surface area contributed by atoms with Crippen LogP contribution in [0.1, 0.15) is 17.1 Å². The van der Waals surface area contributed by atoms with Crippen LogP contribution in [-0.2, 0) is 18.4 Å². The first kappa shape index (κ1) is 17.8. The highest BCUT2D eigenvalue weighted by Crippen LogP contribution is 2.17. The van der Waals surface area contributed by atoms with Gasteiger partial charge in [0.25, 0.3) is 0 Å². The third kappa shape index (κ3) is 4.15. The molecular weight excluding hydrogens is 332 g/mol. The molecule has 1 aromatic carbocycles. The van der Waals surface area contributed by atoms with E-state index < -0.39 is 0 Å². The number of rotatable bonds is 6. The third-order valence-corrected chi connectivity index (χ3v) is 4.07. The maximum atomic E-state index is 12.2. The summed E-state index contributed by atoms with van der Waals surface area (Å²) in [6.45, 7) is 4.51. The zero-order chi connectivity index (χ0) is 18.7. The van der Waals surface area contributed by atoms with E-state index >= 15 is 0 Å². The van der Waals surface area contributed by atoms with Gasteiger partial charge in [0.2, 0.25) is 17.6 Å². The molecule has 8 nitrogen and oxygen atoms in total. The number of aromatic nitrogens is 4. The van der Waals surface area contributed by atoms with Crippen molar-refractivity contribution in [2.24, 2.45) is 7.05 Å². The summed E-state index contributed by atoms with van der Waals surface area (Å²) in [5.74, 6) is 0.893. The maximum absolute atomic E-state index is 12.2. The van der Waals surface area contributed by atoms with E-state index in [0.717, 1.165) is 16.8 Å². The predicted molar refractivity (Wildman–Crippen MR) is 97.4 cm³/mol. The average Bonchev–Trinajstić information content (AvgIpc) is 3.17. The van der Waals surface area contributed by atoms with E-state index in [-0.39, 0.29) is 12.5 Å². The van der Waals surface area contributed by atoms with E-state index in [1.54, 1.807) is 10.9 Å². The molecule has 26 heavy (non-hydrogen) atoms. The van der Waals surface area contributed by atoms with Crippen LogP contribution < -0.4 is 5.32 Å². The lowest BCUT2D eigenvalue weighted by molar-refractivity contribution is -0.117. The fourth-order valence-electron chi connectivity index (χ4n) is 2.56. The molecule has 0 spiro atoms. The Morgan fingerprint density at radius 2 is 2.15 bits per heavy atom. The van der Waals surface area contributed by atoms with E-state index in [1.165, 1.54) is 0 Å². The summed E-state index contributed by atoms with van der Waals surface area (Å²) in [6, 6.07) is 7.91. The van der Waals surface area contributed by atoms with Crippen molar-refractivity contribution in [3.8, 4) is 11.4 Å². The summed E-state index contributed by atoms with van der Waals surface area (Å²) in [5.41, 5.74) is 3.66. The Kier molecular flexibility index (Phi) is 5.13. The average molecular weight is 354 g/mol. The molecule has 2 aromatic heterocycles. The topological polar surface area (TPSA) is 89.1 Å². The zero-order valence-corrected chi connectivity index (χ0v) is 15.4. The monoisotopic (exact) mass is 354 g/mol. The molecule has 0 fully saturated rings. The van der Waals surface area contributed by atoms with Crippen molar-refractivity contribution in [2.45, 2.75) is 20.4 Å². The predicted octanol–water partition coefficient (Wildman–Crippen LogP) is 2.16. The fourth-order valence-corrected chi connectivity index (χ4v) is 2.56. The highest BCUT2D eigenvalue weighted by atomic mass is 16.5. The zero-order valence-electron chi connectivity index (χ0n) is 15.4. The first-order valence-electron chi connectivity index (χ1n) is 8.29.